The fourth-order valence-corrected chi connectivity index (χ4v) is 2.50. The lowest BCUT2D eigenvalue weighted by atomic mass is 10.1. The molecule has 3 aromatic rings. The highest BCUT2D eigenvalue weighted by atomic mass is 16.5. The Morgan fingerprint density at radius 3 is 2.72 bits per heavy atom. The number of rotatable bonds is 6. The molecule has 0 saturated carbocycles. The summed E-state index contributed by atoms with van der Waals surface area (Å²) in [5.41, 5.74) is 2.14. The highest BCUT2D eigenvalue weighted by Crippen LogP contribution is 2.25. The van der Waals surface area contributed by atoms with E-state index in [9.17, 15) is 4.79 Å². The van der Waals surface area contributed by atoms with Crippen LogP contribution < -0.4 is 14.8 Å². The number of anilines is 1. The molecule has 0 atom stereocenters. The fraction of sp³-hybridized carbons (Fsp3) is 0.167. The molecule has 2 aromatic carbocycles. The van der Waals surface area contributed by atoms with E-state index in [1.54, 1.807) is 43.4 Å². The summed E-state index contributed by atoms with van der Waals surface area (Å²) < 4.78 is 12.1. The SMILES string of the molecule is COc1ccc(OC)c(CC(=O)Nc2ccccc2-n2cncn2)c1. The molecule has 3 rings (SSSR count). The van der Waals surface area contributed by atoms with Gasteiger partial charge in [0.1, 0.15) is 24.2 Å². The lowest BCUT2D eigenvalue weighted by Crippen LogP contribution is -2.16. The van der Waals surface area contributed by atoms with E-state index in [1.165, 1.54) is 6.33 Å². The molecule has 0 unspecified atom stereocenters. The third-order valence-electron chi connectivity index (χ3n) is 3.68. The summed E-state index contributed by atoms with van der Waals surface area (Å²) in [6, 6.07) is 12.8. The molecule has 1 aromatic heterocycles. The third-order valence-corrected chi connectivity index (χ3v) is 3.68. The second-order valence-electron chi connectivity index (χ2n) is 5.26. The Labute approximate surface area is 145 Å². The van der Waals surface area contributed by atoms with E-state index in [0.717, 1.165) is 11.3 Å². The number of amides is 1. The van der Waals surface area contributed by atoms with Crippen LogP contribution in [0.4, 0.5) is 5.69 Å². The number of carbonyl (C=O) groups excluding carboxylic acids is 1. The number of para-hydroxylation sites is 2. The van der Waals surface area contributed by atoms with Gasteiger partial charge in [-0.2, -0.15) is 5.10 Å². The fourth-order valence-electron chi connectivity index (χ4n) is 2.50. The number of carbonyl (C=O) groups is 1. The van der Waals surface area contributed by atoms with Crippen molar-refractivity contribution >= 4 is 11.6 Å². The first-order valence-electron chi connectivity index (χ1n) is 7.66. The minimum Gasteiger partial charge on any atom is -0.497 e. The van der Waals surface area contributed by atoms with Crippen molar-refractivity contribution in [2.24, 2.45) is 0 Å². The van der Waals surface area contributed by atoms with E-state index in [2.05, 4.69) is 15.4 Å². The minimum atomic E-state index is -0.167. The zero-order valence-electron chi connectivity index (χ0n) is 14.0. The summed E-state index contributed by atoms with van der Waals surface area (Å²) >= 11 is 0. The number of benzene rings is 2. The van der Waals surface area contributed by atoms with Crippen molar-refractivity contribution in [1.29, 1.82) is 0 Å². The Morgan fingerprint density at radius 1 is 1.16 bits per heavy atom. The van der Waals surface area contributed by atoms with Crippen LogP contribution in [-0.2, 0) is 11.2 Å². The van der Waals surface area contributed by atoms with Gasteiger partial charge in [-0.05, 0) is 30.3 Å². The summed E-state index contributed by atoms with van der Waals surface area (Å²) in [6.07, 6.45) is 3.18. The van der Waals surface area contributed by atoms with Gasteiger partial charge in [0.15, 0.2) is 0 Å². The number of nitrogens with zero attached hydrogens (tertiary/aromatic N) is 3. The van der Waals surface area contributed by atoms with Crippen LogP contribution in [0.5, 0.6) is 11.5 Å². The largest absolute Gasteiger partial charge is 0.497 e. The summed E-state index contributed by atoms with van der Waals surface area (Å²) in [6.45, 7) is 0. The van der Waals surface area contributed by atoms with E-state index in [1.807, 2.05) is 24.3 Å². The molecule has 0 aliphatic carbocycles. The van der Waals surface area contributed by atoms with Crippen LogP contribution in [0.3, 0.4) is 0 Å². The smallest absolute Gasteiger partial charge is 0.228 e. The van der Waals surface area contributed by atoms with E-state index in [0.29, 0.717) is 17.2 Å². The third kappa shape index (κ3) is 3.77. The highest BCUT2D eigenvalue weighted by molar-refractivity contribution is 5.94. The number of nitrogens with one attached hydrogen (secondary N) is 1. The molecule has 0 aliphatic heterocycles. The average molecular weight is 338 g/mol. The Bertz CT molecular complexity index is 863. The van der Waals surface area contributed by atoms with E-state index in [4.69, 9.17) is 9.47 Å². The molecule has 1 heterocycles. The maximum Gasteiger partial charge on any atom is 0.228 e. The molecule has 0 aliphatic rings. The molecule has 0 spiro atoms. The van der Waals surface area contributed by atoms with Gasteiger partial charge in [-0.25, -0.2) is 9.67 Å². The van der Waals surface area contributed by atoms with Crippen LogP contribution >= 0.6 is 0 Å². The van der Waals surface area contributed by atoms with Crippen molar-refractivity contribution in [3.05, 3.63) is 60.7 Å². The Morgan fingerprint density at radius 2 is 2.00 bits per heavy atom. The second-order valence-corrected chi connectivity index (χ2v) is 5.26. The summed E-state index contributed by atoms with van der Waals surface area (Å²) in [5.74, 6) is 1.14. The van der Waals surface area contributed by atoms with Gasteiger partial charge >= 0.3 is 0 Å². The average Bonchev–Trinajstić information content (AvgIpc) is 3.16. The summed E-state index contributed by atoms with van der Waals surface area (Å²) in [7, 11) is 3.16. The normalized spacial score (nSPS) is 10.3. The van der Waals surface area contributed by atoms with Gasteiger partial charge in [0.2, 0.25) is 5.91 Å². The molecular weight excluding hydrogens is 320 g/mol. The van der Waals surface area contributed by atoms with Crippen LogP contribution in [0.15, 0.2) is 55.1 Å². The maximum absolute atomic E-state index is 12.5. The molecule has 1 amide bonds. The van der Waals surface area contributed by atoms with E-state index >= 15 is 0 Å². The standard InChI is InChI=1S/C18H18N4O3/c1-24-14-7-8-17(25-2)13(9-14)10-18(23)21-15-5-3-4-6-16(15)22-12-19-11-20-22/h3-9,11-12H,10H2,1-2H3,(H,21,23). The van der Waals surface area contributed by atoms with Crippen molar-refractivity contribution in [2.45, 2.75) is 6.42 Å². The molecular formula is C18H18N4O3. The number of methoxy groups -OCH3 is 2. The minimum absolute atomic E-state index is 0.159. The summed E-state index contributed by atoms with van der Waals surface area (Å²) in [4.78, 5) is 16.5. The molecule has 0 fully saturated rings. The highest BCUT2D eigenvalue weighted by Gasteiger charge is 2.13. The zero-order chi connectivity index (χ0) is 17.6. The molecule has 25 heavy (non-hydrogen) atoms. The van der Waals surface area contributed by atoms with Crippen molar-refractivity contribution in [3.63, 3.8) is 0 Å². The first kappa shape index (κ1) is 16.5. The number of ether oxygens (including phenoxy) is 2. The molecule has 7 heteroatoms. The van der Waals surface area contributed by atoms with Gasteiger partial charge < -0.3 is 14.8 Å². The predicted octanol–water partition coefficient (Wildman–Crippen LogP) is 2.47. The summed E-state index contributed by atoms with van der Waals surface area (Å²) in [5, 5.41) is 7.02. The maximum atomic E-state index is 12.5. The van der Waals surface area contributed by atoms with Gasteiger partial charge in [-0.3, -0.25) is 4.79 Å². The molecule has 128 valence electrons. The Balaban J connectivity index is 1.80. The molecule has 0 radical (unpaired) electrons. The monoisotopic (exact) mass is 338 g/mol. The van der Waals surface area contributed by atoms with Gasteiger partial charge in [-0.15, -0.1) is 0 Å². The number of hydrogen-bond donors (Lipinski definition) is 1. The lowest BCUT2D eigenvalue weighted by molar-refractivity contribution is -0.115. The van der Waals surface area contributed by atoms with Crippen molar-refractivity contribution < 1.29 is 14.3 Å². The van der Waals surface area contributed by atoms with Gasteiger partial charge in [0.05, 0.1) is 32.0 Å². The van der Waals surface area contributed by atoms with Crippen LogP contribution in [0.1, 0.15) is 5.56 Å². The van der Waals surface area contributed by atoms with Crippen LogP contribution in [0, 0.1) is 0 Å². The van der Waals surface area contributed by atoms with Crippen LogP contribution in [0.2, 0.25) is 0 Å². The van der Waals surface area contributed by atoms with Crippen molar-refractivity contribution in [2.75, 3.05) is 19.5 Å². The van der Waals surface area contributed by atoms with Crippen LogP contribution in [0.25, 0.3) is 5.69 Å². The second kappa shape index (κ2) is 7.48. The Kier molecular flexibility index (Phi) is 4.94. The topological polar surface area (TPSA) is 78.3 Å². The van der Waals surface area contributed by atoms with Gasteiger partial charge in [0, 0.05) is 5.56 Å². The first-order valence-corrected chi connectivity index (χ1v) is 7.66. The predicted molar refractivity (Wildman–Crippen MR) is 93.2 cm³/mol. The first-order chi connectivity index (χ1) is 12.2. The Hall–Kier alpha value is -3.35. The number of aromatic nitrogens is 3. The van der Waals surface area contributed by atoms with E-state index in [-0.39, 0.29) is 12.3 Å². The quantitative estimate of drug-likeness (QED) is 0.747. The molecule has 7 nitrogen and oxygen atoms in total. The molecule has 0 saturated heterocycles. The molecule has 1 N–H and O–H groups in total. The van der Waals surface area contributed by atoms with E-state index < -0.39 is 0 Å². The number of hydrogen-bond acceptors (Lipinski definition) is 5. The van der Waals surface area contributed by atoms with Crippen molar-refractivity contribution in [3.8, 4) is 17.2 Å². The van der Waals surface area contributed by atoms with Crippen LogP contribution in [-0.4, -0.2) is 34.9 Å². The van der Waals surface area contributed by atoms with Gasteiger partial charge in [-0.1, -0.05) is 12.1 Å². The van der Waals surface area contributed by atoms with Crippen molar-refractivity contribution in [1.82, 2.24) is 14.8 Å². The zero-order valence-corrected chi connectivity index (χ0v) is 14.0. The lowest BCUT2D eigenvalue weighted by Gasteiger charge is -2.13. The van der Waals surface area contributed by atoms with Gasteiger partial charge in [0.25, 0.3) is 0 Å². The molecule has 0 bridgehead atoms.